The predicted octanol–water partition coefficient (Wildman–Crippen LogP) is 3.24. The van der Waals surface area contributed by atoms with E-state index in [1.54, 1.807) is 18.3 Å². The van der Waals surface area contributed by atoms with Crippen molar-refractivity contribution in [1.82, 2.24) is 14.0 Å². The number of piperidine rings is 1. The fraction of sp³-hybridized carbons (Fsp3) is 0.280. The van der Waals surface area contributed by atoms with Gasteiger partial charge < -0.3 is 10.1 Å². The van der Waals surface area contributed by atoms with E-state index in [4.69, 9.17) is 4.74 Å². The molecule has 2 N–H and O–H groups in total. The van der Waals surface area contributed by atoms with Crippen LogP contribution in [0, 0.1) is 5.82 Å². The number of benzene rings is 2. The number of halogens is 1. The molecule has 0 unspecified atom stereocenters. The van der Waals surface area contributed by atoms with Gasteiger partial charge in [0.1, 0.15) is 11.5 Å². The van der Waals surface area contributed by atoms with Gasteiger partial charge in [0, 0.05) is 25.8 Å². The second kappa shape index (κ2) is 10.5. The maximum Gasteiger partial charge on any atom is 0.279 e. The van der Waals surface area contributed by atoms with Crippen LogP contribution in [0.15, 0.2) is 72.9 Å². The van der Waals surface area contributed by atoms with Crippen molar-refractivity contribution in [2.45, 2.75) is 24.8 Å². The van der Waals surface area contributed by atoms with Gasteiger partial charge in [0.25, 0.3) is 10.2 Å². The normalized spacial score (nSPS) is 15.9. The molecule has 3 aromatic rings. The van der Waals surface area contributed by atoms with Gasteiger partial charge in [0.15, 0.2) is 0 Å². The number of hydrogen-bond acceptors (Lipinski definition) is 5. The second-order valence-electron chi connectivity index (χ2n) is 8.31. The molecule has 0 bridgehead atoms. The molecule has 1 fully saturated rings. The topological polar surface area (TPSA) is 101 Å². The molecule has 4 rings (SSSR count). The van der Waals surface area contributed by atoms with E-state index >= 15 is 0 Å². The third-order valence-corrected chi connectivity index (χ3v) is 7.82. The molecule has 0 saturated carbocycles. The van der Waals surface area contributed by atoms with Gasteiger partial charge in [-0.1, -0.05) is 42.5 Å². The monoisotopic (exact) mass is 498 g/mol. The standard InChI is InChI=1S/C25H27FN4O4S/c1-34-23-22(8-5-15-27-23)29-24(31)25(20-6-3-2-4-7-20)13-16-30(17-14-25)35(32,33)28-18-19-9-11-21(26)12-10-19/h2-12,15,28H,13-14,16-18H2,1H3,(H,29,31). The van der Waals surface area contributed by atoms with Crippen LogP contribution < -0.4 is 14.8 Å². The largest absolute Gasteiger partial charge is 0.480 e. The number of methoxy groups -OCH3 is 1. The van der Waals surface area contributed by atoms with Crippen molar-refractivity contribution in [3.63, 3.8) is 0 Å². The summed E-state index contributed by atoms with van der Waals surface area (Å²) in [5, 5.41) is 2.93. The Bertz CT molecular complexity index is 1260. The first-order chi connectivity index (χ1) is 16.8. The van der Waals surface area contributed by atoms with Crippen LogP contribution in [0.3, 0.4) is 0 Å². The summed E-state index contributed by atoms with van der Waals surface area (Å²) in [7, 11) is -2.31. The van der Waals surface area contributed by atoms with Crippen molar-refractivity contribution in [2.75, 3.05) is 25.5 Å². The molecule has 2 heterocycles. The van der Waals surface area contributed by atoms with E-state index in [0.29, 0.717) is 30.0 Å². The lowest BCUT2D eigenvalue weighted by Gasteiger charge is -2.40. The molecular formula is C25H27FN4O4S. The van der Waals surface area contributed by atoms with Crippen LogP contribution in [-0.2, 0) is 27.0 Å². The molecule has 1 aliphatic rings. The van der Waals surface area contributed by atoms with Crippen molar-refractivity contribution >= 4 is 21.8 Å². The van der Waals surface area contributed by atoms with Crippen molar-refractivity contribution in [3.8, 4) is 5.88 Å². The predicted molar refractivity (Wildman–Crippen MR) is 131 cm³/mol. The maximum atomic E-state index is 13.6. The molecule has 0 atom stereocenters. The molecule has 1 aromatic heterocycles. The fourth-order valence-electron chi connectivity index (χ4n) is 4.27. The van der Waals surface area contributed by atoms with Crippen molar-refractivity contribution in [1.29, 1.82) is 0 Å². The van der Waals surface area contributed by atoms with E-state index in [1.165, 1.54) is 35.7 Å². The van der Waals surface area contributed by atoms with Gasteiger partial charge in [-0.2, -0.15) is 17.4 Å². The van der Waals surface area contributed by atoms with Crippen molar-refractivity contribution in [3.05, 3.63) is 89.9 Å². The average molecular weight is 499 g/mol. The van der Waals surface area contributed by atoms with E-state index in [0.717, 1.165) is 5.56 Å². The number of amides is 1. The van der Waals surface area contributed by atoms with E-state index in [-0.39, 0.29) is 31.4 Å². The first kappa shape index (κ1) is 24.8. The van der Waals surface area contributed by atoms with Crippen LogP contribution in [0.2, 0.25) is 0 Å². The average Bonchev–Trinajstić information content (AvgIpc) is 2.89. The summed E-state index contributed by atoms with van der Waals surface area (Å²) < 4.78 is 48.2. The Balaban J connectivity index is 1.51. The number of nitrogens with one attached hydrogen (secondary N) is 2. The molecule has 0 aliphatic carbocycles. The van der Waals surface area contributed by atoms with Gasteiger partial charge in [0.2, 0.25) is 11.8 Å². The number of aromatic nitrogens is 1. The van der Waals surface area contributed by atoms with Crippen LogP contribution in [0.5, 0.6) is 5.88 Å². The highest BCUT2D eigenvalue weighted by molar-refractivity contribution is 7.87. The minimum Gasteiger partial charge on any atom is -0.480 e. The summed E-state index contributed by atoms with van der Waals surface area (Å²) >= 11 is 0. The summed E-state index contributed by atoms with van der Waals surface area (Å²) in [5.74, 6) is -0.326. The number of ether oxygens (including phenoxy) is 1. The number of rotatable bonds is 8. The van der Waals surface area contributed by atoms with Gasteiger partial charge in [-0.3, -0.25) is 4.79 Å². The van der Waals surface area contributed by atoms with Gasteiger partial charge in [-0.15, -0.1) is 0 Å². The Morgan fingerprint density at radius 2 is 1.74 bits per heavy atom. The molecule has 1 aliphatic heterocycles. The molecule has 10 heteroatoms. The third kappa shape index (κ3) is 5.50. The zero-order valence-corrected chi connectivity index (χ0v) is 20.1. The molecule has 8 nitrogen and oxygen atoms in total. The first-order valence-corrected chi connectivity index (χ1v) is 12.6. The summed E-state index contributed by atoms with van der Waals surface area (Å²) in [6.45, 7) is 0.362. The van der Waals surface area contributed by atoms with Crippen LogP contribution >= 0.6 is 0 Å². The van der Waals surface area contributed by atoms with Crippen molar-refractivity contribution < 1.29 is 22.3 Å². The number of carbonyl (C=O) groups is 1. The number of nitrogens with zero attached hydrogens (tertiary/aromatic N) is 2. The highest BCUT2D eigenvalue weighted by atomic mass is 32.2. The van der Waals surface area contributed by atoms with Crippen LogP contribution in [0.1, 0.15) is 24.0 Å². The van der Waals surface area contributed by atoms with E-state index in [2.05, 4.69) is 15.0 Å². The summed E-state index contributed by atoms with van der Waals surface area (Å²) in [6.07, 6.45) is 2.16. The third-order valence-electron chi connectivity index (χ3n) is 6.26. The lowest BCUT2D eigenvalue weighted by molar-refractivity contribution is -0.123. The second-order valence-corrected chi connectivity index (χ2v) is 10.1. The van der Waals surface area contributed by atoms with Crippen LogP contribution in [0.4, 0.5) is 10.1 Å². The van der Waals surface area contributed by atoms with E-state index in [1.807, 2.05) is 30.3 Å². The molecule has 1 amide bonds. The number of pyridine rings is 1. The van der Waals surface area contributed by atoms with Gasteiger partial charge in [0.05, 0.1) is 12.5 Å². The van der Waals surface area contributed by atoms with Crippen LogP contribution in [0.25, 0.3) is 0 Å². The lowest BCUT2D eigenvalue weighted by Crippen LogP contribution is -2.53. The summed E-state index contributed by atoms with van der Waals surface area (Å²) in [6, 6.07) is 18.4. The lowest BCUT2D eigenvalue weighted by atomic mass is 9.72. The minimum absolute atomic E-state index is 0.0459. The molecule has 1 saturated heterocycles. The van der Waals surface area contributed by atoms with Gasteiger partial charge >= 0.3 is 0 Å². The molecule has 0 spiro atoms. The smallest absolute Gasteiger partial charge is 0.279 e. The molecule has 2 aromatic carbocycles. The Hall–Kier alpha value is -3.34. The summed E-state index contributed by atoms with van der Waals surface area (Å²) in [4.78, 5) is 17.8. The number of carbonyl (C=O) groups excluding carboxylic acids is 1. The molecular weight excluding hydrogens is 471 g/mol. The van der Waals surface area contributed by atoms with Gasteiger partial charge in [-0.25, -0.2) is 9.37 Å². The van der Waals surface area contributed by atoms with E-state index < -0.39 is 15.6 Å². The van der Waals surface area contributed by atoms with Crippen LogP contribution in [-0.4, -0.2) is 43.8 Å². The Morgan fingerprint density at radius 1 is 1.06 bits per heavy atom. The molecule has 0 radical (unpaired) electrons. The highest BCUT2D eigenvalue weighted by Gasteiger charge is 2.45. The zero-order chi connectivity index (χ0) is 24.9. The summed E-state index contributed by atoms with van der Waals surface area (Å²) in [5.41, 5.74) is 0.990. The number of anilines is 1. The first-order valence-electron chi connectivity index (χ1n) is 11.2. The quantitative estimate of drug-likeness (QED) is 0.497. The molecule has 35 heavy (non-hydrogen) atoms. The SMILES string of the molecule is COc1ncccc1NC(=O)C1(c2ccccc2)CCN(S(=O)(=O)NCc2ccc(F)cc2)CC1. The highest BCUT2D eigenvalue weighted by Crippen LogP contribution is 2.38. The minimum atomic E-state index is -3.79. The fourth-order valence-corrected chi connectivity index (χ4v) is 5.47. The molecule has 184 valence electrons. The maximum absolute atomic E-state index is 13.6. The zero-order valence-electron chi connectivity index (χ0n) is 19.3. The Morgan fingerprint density at radius 3 is 2.40 bits per heavy atom. The van der Waals surface area contributed by atoms with Gasteiger partial charge in [-0.05, 0) is 48.2 Å². The Labute approximate surface area is 204 Å². The van der Waals surface area contributed by atoms with Crippen molar-refractivity contribution in [2.24, 2.45) is 0 Å². The number of hydrogen-bond donors (Lipinski definition) is 2. The van der Waals surface area contributed by atoms with E-state index in [9.17, 15) is 17.6 Å². The Kier molecular flexibility index (Phi) is 7.44.